The summed E-state index contributed by atoms with van der Waals surface area (Å²) < 4.78 is 0. The molecule has 0 atom stereocenters. The van der Waals surface area contributed by atoms with Crippen molar-refractivity contribution in [3.8, 4) is 11.4 Å². The van der Waals surface area contributed by atoms with Crippen molar-refractivity contribution < 1.29 is 4.79 Å². The molecule has 28 heavy (non-hydrogen) atoms. The number of nitrogens with zero attached hydrogens (tertiary/aromatic N) is 5. The van der Waals surface area contributed by atoms with Gasteiger partial charge >= 0.3 is 0 Å². The minimum atomic E-state index is 0.0565. The number of rotatable bonds is 4. The molecule has 0 spiro atoms. The molecule has 0 aliphatic carbocycles. The number of pyridine rings is 1. The molecule has 0 saturated carbocycles. The molecule has 8 heteroatoms. The molecule has 0 radical (unpaired) electrons. The van der Waals surface area contributed by atoms with E-state index in [2.05, 4.69) is 33.9 Å². The number of carbonyl (C=O) groups excluding carboxylic acids is 1. The summed E-state index contributed by atoms with van der Waals surface area (Å²) in [6.45, 7) is 8.07. The van der Waals surface area contributed by atoms with Crippen LogP contribution in [0.15, 0.2) is 24.5 Å². The van der Waals surface area contributed by atoms with Crippen LogP contribution in [0, 0.1) is 13.8 Å². The Morgan fingerprint density at radius 1 is 1.21 bits per heavy atom. The van der Waals surface area contributed by atoms with Gasteiger partial charge in [0.05, 0.1) is 11.9 Å². The maximum atomic E-state index is 11.7. The van der Waals surface area contributed by atoms with E-state index in [1.165, 1.54) is 10.4 Å². The fourth-order valence-electron chi connectivity index (χ4n) is 3.48. The van der Waals surface area contributed by atoms with E-state index in [4.69, 9.17) is 9.97 Å². The first-order valence-electron chi connectivity index (χ1n) is 9.43. The summed E-state index contributed by atoms with van der Waals surface area (Å²) in [5, 5.41) is 3.84. The number of piperazine rings is 1. The average Bonchev–Trinajstić information content (AvgIpc) is 3.02. The first-order valence-corrected chi connectivity index (χ1v) is 10.2. The maximum Gasteiger partial charge on any atom is 0.233 e. The van der Waals surface area contributed by atoms with E-state index in [1.54, 1.807) is 30.8 Å². The summed E-state index contributed by atoms with van der Waals surface area (Å²) in [5.41, 5.74) is 2.17. The number of hydrogen-bond acceptors (Lipinski definition) is 7. The highest BCUT2D eigenvalue weighted by molar-refractivity contribution is 7.18. The van der Waals surface area contributed by atoms with Crippen LogP contribution < -0.4 is 10.2 Å². The molecular formula is C20H24N6OS. The lowest BCUT2D eigenvalue weighted by Crippen LogP contribution is -2.49. The van der Waals surface area contributed by atoms with Crippen LogP contribution in [-0.2, 0) is 4.79 Å². The third kappa shape index (κ3) is 3.57. The number of anilines is 1. The molecule has 1 aliphatic heterocycles. The third-order valence-corrected chi connectivity index (χ3v) is 6.35. The molecule has 7 nitrogen and oxygen atoms in total. The molecule has 0 unspecified atom stereocenters. The topological polar surface area (TPSA) is 74.2 Å². The molecule has 1 saturated heterocycles. The van der Waals surface area contributed by atoms with Crippen LogP contribution in [0.25, 0.3) is 21.6 Å². The number of aryl methyl sites for hydroxylation is 2. The van der Waals surface area contributed by atoms with Crippen molar-refractivity contribution in [2.45, 2.75) is 13.8 Å². The Kier molecular flexibility index (Phi) is 5.23. The zero-order valence-electron chi connectivity index (χ0n) is 16.4. The molecule has 1 fully saturated rings. The summed E-state index contributed by atoms with van der Waals surface area (Å²) in [6, 6.07) is 3.90. The quantitative estimate of drug-likeness (QED) is 0.729. The summed E-state index contributed by atoms with van der Waals surface area (Å²) in [7, 11) is 1.68. The van der Waals surface area contributed by atoms with Crippen molar-refractivity contribution in [2.24, 2.45) is 0 Å². The van der Waals surface area contributed by atoms with Gasteiger partial charge in [-0.1, -0.05) is 0 Å². The number of carbonyl (C=O) groups is 1. The van der Waals surface area contributed by atoms with Crippen LogP contribution in [0.4, 0.5) is 5.82 Å². The van der Waals surface area contributed by atoms with Crippen molar-refractivity contribution in [1.82, 2.24) is 25.2 Å². The zero-order valence-corrected chi connectivity index (χ0v) is 17.2. The largest absolute Gasteiger partial charge is 0.358 e. The van der Waals surface area contributed by atoms with Gasteiger partial charge in [0.1, 0.15) is 10.6 Å². The van der Waals surface area contributed by atoms with E-state index in [-0.39, 0.29) is 5.91 Å². The highest BCUT2D eigenvalue weighted by Gasteiger charge is 2.24. The van der Waals surface area contributed by atoms with Gasteiger partial charge < -0.3 is 10.2 Å². The van der Waals surface area contributed by atoms with Crippen molar-refractivity contribution in [2.75, 3.05) is 44.7 Å². The first kappa shape index (κ1) is 18.8. The minimum Gasteiger partial charge on any atom is -0.358 e. The lowest BCUT2D eigenvalue weighted by molar-refractivity contribution is -0.121. The molecule has 146 valence electrons. The van der Waals surface area contributed by atoms with Crippen LogP contribution in [0.5, 0.6) is 0 Å². The third-order valence-electron chi connectivity index (χ3n) is 5.25. The standard InChI is InChI=1S/C20H24N6OS/c1-13-14(2)28-20-17(13)19(23-18(24-20)15-5-4-6-22-11-15)26-9-7-25(8-10-26)12-16(27)21-3/h4-6,11H,7-10,12H2,1-3H3,(H,21,27). The smallest absolute Gasteiger partial charge is 0.233 e. The molecular weight excluding hydrogens is 372 g/mol. The Morgan fingerprint density at radius 2 is 2.00 bits per heavy atom. The Morgan fingerprint density at radius 3 is 2.68 bits per heavy atom. The van der Waals surface area contributed by atoms with Gasteiger partial charge in [0.25, 0.3) is 0 Å². The number of hydrogen-bond donors (Lipinski definition) is 1. The number of fused-ring (bicyclic) bond motifs is 1. The van der Waals surface area contributed by atoms with E-state index in [1.807, 2.05) is 12.1 Å². The normalized spacial score (nSPS) is 15.2. The highest BCUT2D eigenvalue weighted by Crippen LogP contribution is 2.36. The van der Waals surface area contributed by atoms with Gasteiger partial charge in [-0.15, -0.1) is 11.3 Å². The monoisotopic (exact) mass is 396 g/mol. The van der Waals surface area contributed by atoms with Crippen LogP contribution in [0.3, 0.4) is 0 Å². The predicted molar refractivity (Wildman–Crippen MR) is 113 cm³/mol. The zero-order chi connectivity index (χ0) is 19.7. The minimum absolute atomic E-state index is 0.0565. The van der Waals surface area contributed by atoms with E-state index in [9.17, 15) is 4.79 Å². The van der Waals surface area contributed by atoms with E-state index in [0.29, 0.717) is 12.4 Å². The van der Waals surface area contributed by atoms with E-state index >= 15 is 0 Å². The molecule has 3 aromatic heterocycles. The van der Waals surface area contributed by atoms with Crippen LogP contribution in [0.1, 0.15) is 10.4 Å². The summed E-state index contributed by atoms with van der Waals surface area (Å²) in [5.74, 6) is 1.76. The second kappa shape index (κ2) is 7.81. The van der Waals surface area contributed by atoms with Gasteiger partial charge in [-0.05, 0) is 31.5 Å². The van der Waals surface area contributed by atoms with E-state index < -0.39 is 0 Å². The Hall–Kier alpha value is -2.58. The lowest BCUT2D eigenvalue weighted by Gasteiger charge is -2.35. The van der Waals surface area contributed by atoms with Crippen LogP contribution in [0.2, 0.25) is 0 Å². The summed E-state index contributed by atoms with van der Waals surface area (Å²) in [4.78, 5) is 32.5. The van der Waals surface area contributed by atoms with Gasteiger partial charge in [0, 0.05) is 56.1 Å². The van der Waals surface area contributed by atoms with Crippen LogP contribution in [-0.4, -0.2) is 65.5 Å². The van der Waals surface area contributed by atoms with Crippen LogP contribution >= 0.6 is 11.3 Å². The number of nitrogens with one attached hydrogen (secondary N) is 1. The SMILES string of the molecule is CNC(=O)CN1CCN(c2nc(-c3cccnc3)nc3sc(C)c(C)c23)CC1. The van der Waals surface area contributed by atoms with Gasteiger partial charge in [-0.3, -0.25) is 14.7 Å². The number of aromatic nitrogens is 3. The van der Waals surface area contributed by atoms with Crippen molar-refractivity contribution in [3.05, 3.63) is 35.0 Å². The highest BCUT2D eigenvalue weighted by atomic mass is 32.1. The Labute approximate surface area is 168 Å². The summed E-state index contributed by atoms with van der Waals surface area (Å²) in [6.07, 6.45) is 3.56. The fraction of sp³-hybridized carbons (Fsp3) is 0.400. The van der Waals surface area contributed by atoms with E-state index in [0.717, 1.165) is 47.8 Å². The second-order valence-electron chi connectivity index (χ2n) is 7.01. The average molecular weight is 397 g/mol. The molecule has 0 aromatic carbocycles. The maximum absolute atomic E-state index is 11.7. The molecule has 4 heterocycles. The number of amides is 1. The van der Waals surface area contributed by atoms with Crippen molar-refractivity contribution in [1.29, 1.82) is 0 Å². The molecule has 3 aromatic rings. The lowest BCUT2D eigenvalue weighted by atomic mass is 10.1. The van der Waals surface area contributed by atoms with Crippen molar-refractivity contribution in [3.63, 3.8) is 0 Å². The molecule has 0 bridgehead atoms. The second-order valence-corrected chi connectivity index (χ2v) is 8.22. The Balaban J connectivity index is 1.69. The van der Waals surface area contributed by atoms with Gasteiger partial charge in [0.2, 0.25) is 5.91 Å². The number of thiophene rings is 1. The molecule has 1 N–H and O–H groups in total. The van der Waals surface area contributed by atoms with Gasteiger partial charge in [-0.2, -0.15) is 0 Å². The Bertz CT molecular complexity index is 995. The van der Waals surface area contributed by atoms with Gasteiger partial charge in [0.15, 0.2) is 5.82 Å². The fourth-order valence-corrected chi connectivity index (χ4v) is 4.51. The molecule has 1 amide bonds. The summed E-state index contributed by atoms with van der Waals surface area (Å²) >= 11 is 1.72. The number of likely N-dealkylation sites (N-methyl/N-ethyl adjacent to an activating group) is 1. The predicted octanol–water partition coefficient (Wildman–Crippen LogP) is 2.24. The van der Waals surface area contributed by atoms with Gasteiger partial charge in [-0.25, -0.2) is 9.97 Å². The molecule has 4 rings (SSSR count). The first-order chi connectivity index (χ1) is 13.6. The van der Waals surface area contributed by atoms with Crippen molar-refractivity contribution >= 4 is 33.3 Å². The molecule has 1 aliphatic rings.